The van der Waals surface area contributed by atoms with Crippen molar-refractivity contribution in [2.45, 2.75) is 13.3 Å². The van der Waals surface area contributed by atoms with Crippen molar-refractivity contribution in [3.05, 3.63) is 54.1 Å². The molecule has 2 aromatic heterocycles. The number of fused-ring (bicyclic) bond motifs is 1. The maximum absolute atomic E-state index is 13.7. The number of ether oxygens (including phenoxy) is 1. The number of rotatable bonds is 4. The lowest BCUT2D eigenvalue weighted by atomic mass is 10.3. The van der Waals surface area contributed by atoms with E-state index in [1.54, 1.807) is 6.92 Å². The van der Waals surface area contributed by atoms with Gasteiger partial charge in [-0.15, -0.1) is 13.2 Å². The van der Waals surface area contributed by atoms with Crippen LogP contribution in [0.3, 0.4) is 0 Å². The van der Waals surface area contributed by atoms with Crippen LogP contribution in [0.25, 0.3) is 17.0 Å². The number of benzene rings is 2. The molecule has 0 amide bonds. The zero-order valence-corrected chi connectivity index (χ0v) is 15.3. The SMILES string of the molecule is Cc1nc2ccc(F)cc2n1-c1nc(N)nc(Nc2ccc(OC(F)(F)F)cc2)n1. The highest BCUT2D eigenvalue weighted by Crippen LogP contribution is 2.25. The van der Waals surface area contributed by atoms with Crippen LogP contribution in [0.15, 0.2) is 42.5 Å². The molecule has 0 spiro atoms. The highest BCUT2D eigenvalue weighted by atomic mass is 19.4. The molecule has 0 saturated heterocycles. The van der Waals surface area contributed by atoms with E-state index in [1.165, 1.54) is 34.9 Å². The van der Waals surface area contributed by atoms with Crippen LogP contribution in [-0.4, -0.2) is 30.9 Å². The van der Waals surface area contributed by atoms with Crippen LogP contribution < -0.4 is 15.8 Å². The van der Waals surface area contributed by atoms with Gasteiger partial charge in [-0.25, -0.2) is 9.37 Å². The Labute approximate surface area is 166 Å². The van der Waals surface area contributed by atoms with E-state index in [-0.39, 0.29) is 23.6 Å². The van der Waals surface area contributed by atoms with Gasteiger partial charge in [0.2, 0.25) is 17.8 Å². The van der Waals surface area contributed by atoms with E-state index >= 15 is 0 Å². The van der Waals surface area contributed by atoms with Crippen LogP contribution in [0.4, 0.5) is 35.1 Å². The molecule has 0 bridgehead atoms. The van der Waals surface area contributed by atoms with E-state index in [0.717, 1.165) is 12.1 Å². The Balaban J connectivity index is 1.66. The first-order chi connectivity index (χ1) is 14.2. The van der Waals surface area contributed by atoms with Crippen molar-refractivity contribution in [2.24, 2.45) is 0 Å². The van der Waals surface area contributed by atoms with Gasteiger partial charge in [-0.2, -0.15) is 15.0 Å². The van der Waals surface area contributed by atoms with Gasteiger partial charge in [0.1, 0.15) is 17.4 Å². The third kappa shape index (κ3) is 4.06. The van der Waals surface area contributed by atoms with Crippen molar-refractivity contribution < 1.29 is 22.3 Å². The summed E-state index contributed by atoms with van der Waals surface area (Å²) in [5.41, 5.74) is 7.16. The molecule has 0 radical (unpaired) electrons. The molecule has 3 N–H and O–H groups in total. The molecule has 0 atom stereocenters. The molecule has 12 heteroatoms. The molecule has 0 aliphatic heterocycles. The monoisotopic (exact) mass is 419 g/mol. The maximum Gasteiger partial charge on any atom is 0.573 e. The normalized spacial score (nSPS) is 11.6. The van der Waals surface area contributed by atoms with E-state index in [9.17, 15) is 17.6 Å². The number of anilines is 3. The second kappa shape index (κ2) is 7.13. The molecule has 2 heterocycles. The summed E-state index contributed by atoms with van der Waals surface area (Å²) < 4.78 is 55.9. The number of hydrogen-bond acceptors (Lipinski definition) is 7. The van der Waals surface area contributed by atoms with Crippen molar-refractivity contribution in [2.75, 3.05) is 11.1 Å². The van der Waals surface area contributed by atoms with Gasteiger partial charge >= 0.3 is 6.36 Å². The molecule has 0 saturated carbocycles. The zero-order valence-electron chi connectivity index (χ0n) is 15.3. The van der Waals surface area contributed by atoms with Crippen LogP contribution >= 0.6 is 0 Å². The summed E-state index contributed by atoms with van der Waals surface area (Å²) in [5, 5.41) is 2.83. The summed E-state index contributed by atoms with van der Waals surface area (Å²) in [6, 6.07) is 9.10. The van der Waals surface area contributed by atoms with Crippen molar-refractivity contribution in [1.82, 2.24) is 24.5 Å². The Morgan fingerprint density at radius 1 is 1.00 bits per heavy atom. The number of nitrogen functional groups attached to an aromatic ring is 1. The van der Waals surface area contributed by atoms with E-state index in [0.29, 0.717) is 22.5 Å². The van der Waals surface area contributed by atoms with Gasteiger partial charge in [-0.1, -0.05) is 0 Å². The number of aromatic nitrogens is 5. The third-order valence-corrected chi connectivity index (χ3v) is 3.97. The number of halogens is 4. The second-order valence-corrected chi connectivity index (χ2v) is 6.14. The Hall–Kier alpha value is -3.96. The number of hydrogen-bond donors (Lipinski definition) is 2. The van der Waals surface area contributed by atoms with Crippen molar-refractivity contribution in [3.63, 3.8) is 0 Å². The summed E-state index contributed by atoms with van der Waals surface area (Å²) in [5.74, 6) is -0.290. The topological polar surface area (TPSA) is 104 Å². The molecular weight excluding hydrogens is 406 g/mol. The average Bonchev–Trinajstić information content (AvgIpc) is 2.96. The standard InChI is InChI=1S/C18H13F4N7O/c1-9-24-13-7-2-10(19)8-14(13)29(9)17-27-15(23)26-16(28-17)25-11-3-5-12(6-4-11)30-18(20,21)22/h2-8H,1H3,(H3,23,25,26,27,28). The Bertz CT molecular complexity index is 1220. The van der Waals surface area contributed by atoms with Gasteiger partial charge in [0, 0.05) is 11.8 Å². The molecule has 0 aliphatic carbocycles. The fourth-order valence-corrected chi connectivity index (χ4v) is 2.83. The maximum atomic E-state index is 13.7. The number of alkyl halides is 3. The van der Waals surface area contributed by atoms with Crippen LogP contribution in [0.5, 0.6) is 5.75 Å². The predicted molar refractivity (Wildman–Crippen MR) is 100.0 cm³/mol. The Kier molecular flexibility index (Phi) is 4.60. The average molecular weight is 419 g/mol. The van der Waals surface area contributed by atoms with E-state index in [1.807, 2.05) is 0 Å². The van der Waals surface area contributed by atoms with E-state index in [4.69, 9.17) is 5.73 Å². The molecule has 0 aliphatic rings. The molecule has 4 rings (SSSR count). The van der Waals surface area contributed by atoms with Crippen LogP contribution in [0.2, 0.25) is 0 Å². The quantitative estimate of drug-likeness (QED) is 0.484. The first kappa shape index (κ1) is 19.4. The molecule has 154 valence electrons. The lowest BCUT2D eigenvalue weighted by molar-refractivity contribution is -0.274. The van der Waals surface area contributed by atoms with Crippen molar-refractivity contribution >= 4 is 28.6 Å². The summed E-state index contributed by atoms with van der Waals surface area (Å²) in [7, 11) is 0. The van der Waals surface area contributed by atoms with Crippen molar-refractivity contribution in [1.29, 1.82) is 0 Å². The number of nitrogens with zero attached hydrogens (tertiary/aromatic N) is 5. The summed E-state index contributed by atoms with van der Waals surface area (Å²) in [4.78, 5) is 16.7. The molecule has 0 unspecified atom stereocenters. The highest BCUT2D eigenvalue weighted by Gasteiger charge is 2.31. The first-order valence-corrected chi connectivity index (χ1v) is 8.47. The van der Waals surface area contributed by atoms with Gasteiger partial charge < -0.3 is 15.8 Å². The van der Waals surface area contributed by atoms with Gasteiger partial charge in [0.05, 0.1) is 11.0 Å². The molecule has 30 heavy (non-hydrogen) atoms. The van der Waals surface area contributed by atoms with Crippen LogP contribution in [-0.2, 0) is 0 Å². The van der Waals surface area contributed by atoms with Gasteiger partial charge in [0.15, 0.2) is 0 Å². The van der Waals surface area contributed by atoms with Crippen LogP contribution in [0, 0.1) is 12.7 Å². The number of aryl methyl sites for hydroxylation is 1. The fraction of sp³-hybridized carbons (Fsp3) is 0.111. The smallest absolute Gasteiger partial charge is 0.406 e. The minimum atomic E-state index is -4.78. The Morgan fingerprint density at radius 3 is 2.43 bits per heavy atom. The number of nitrogens with two attached hydrogens (primary N) is 1. The highest BCUT2D eigenvalue weighted by molar-refractivity contribution is 5.77. The van der Waals surface area contributed by atoms with E-state index < -0.39 is 12.2 Å². The largest absolute Gasteiger partial charge is 0.573 e. The minimum absolute atomic E-state index is 0.0413. The minimum Gasteiger partial charge on any atom is -0.406 e. The molecule has 8 nitrogen and oxygen atoms in total. The first-order valence-electron chi connectivity index (χ1n) is 8.47. The summed E-state index contributed by atoms with van der Waals surface area (Å²) in [6.45, 7) is 1.70. The molecular formula is C18H13F4N7O. The second-order valence-electron chi connectivity index (χ2n) is 6.14. The number of imidazole rings is 1. The predicted octanol–water partition coefficient (Wildman–Crippen LogP) is 3.88. The van der Waals surface area contributed by atoms with Gasteiger partial charge in [-0.05, 0) is 43.3 Å². The fourth-order valence-electron chi connectivity index (χ4n) is 2.83. The Morgan fingerprint density at radius 2 is 1.73 bits per heavy atom. The van der Waals surface area contributed by atoms with Crippen molar-refractivity contribution in [3.8, 4) is 11.7 Å². The number of nitrogens with one attached hydrogen (secondary N) is 1. The lowest BCUT2D eigenvalue weighted by Crippen LogP contribution is -2.17. The molecule has 2 aromatic carbocycles. The third-order valence-electron chi connectivity index (χ3n) is 3.97. The molecule has 0 fully saturated rings. The van der Waals surface area contributed by atoms with E-state index in [2.05, 4.69) is 30.0 Å². The van der Waals surface area contributed by atoms with Gasteiger partial charge in [-0.3, -0.25) is 4.57 Å². The summed E-state index contributed by atoms with van der Waals surface area (Å²) >= 11 is 0. The zero-order chi connectivity index (χ0) is 21.5. The van der Waals surface area contributed by atoms with Crippen LogP contribution in [0.1, 0.15) is 5.82 Å². The lowest BCUT2D eigenvalue weighted by Gasteiger charge is -2.11. The summed E-state index contributed by atoms with van der Waals surface area (Å²) in [6.07, 6.45) is -4.78. The molecule has 4 aromatic rings. The van der Waals surface area contributed by atoms with Gasteiger partial charge in [0.25, 0.3) is 0 Å².